The number of rotatable bonds is 15. The van der Waals surface area contributed by atoms with Gasteiger partial charge in [0.1, 0.15) is 0 Å². The third kappa shape index (κ3) is 20.4. The van der Waals surface area contributed by atoms with Gasteiger partial charge in [-0.05, 0) is 190 Å². The number of hydrogen-bond donors (Lipinski definition) is 0. The maximum Gasteiger partial charge on any atom is 0.239 e. The smallest absolute Gasteiger partial charge is 0.239 e. The van der Waals surface area contributed by atoms with Crippen LogP contribution < -0.4 is 25.8 Å². The molecule has 0 fully saturated rings. The largest absolute Gasteiger partial charge is 0.512 e. The van der Waals surface area contributed by atoms with Crippen LogP contribution in [0.2, 0.25) is 0 Å². The summed E-state index contributed by atoms with van der Waals surface area (Å²) in [6.07, 6.45) is 7.71. The van der Waals surface area contributed by atoms with Gasteiger partial charge in [0.05, 0.1) is 5.04 Å². The normalized spacial score (nSPS) is 16.4. The Morgan fingerprint density at radius 1 is 0.336 bits per heavy atom. The first-order valence-electron chi connectivity index (χ1n) is 40.3. The van der Waals surface area contributed by atoms with E-state index in [1.165, 1.54) is 50.1 Å². The van der Waals surface area contributed by atoms with Gasteiger partial charge in [0.15, 0.2) is 7.14 Å². The summed E-state index contributed by atoms with van der Waals surface area (Å²) in [4.78, 5) is 6.68. The molecule has 19 rings (SSSR count). The van der Waals surface area contributed by atoms with Crippen molar-refractivity contribution in [2.45, 2.75) is 55.4 Å². The maximum atomic E-state index is 14.9. The van der Waals surface area contributed by atoms with Crippen molar-refractivity contribution < 1.29 is 94.1 Å². The molecule has 0 amide bonds. The Morgan fingerprint density at radius 2 is 0.680 bits per heavy atom. The number of aryl methyl sites for hydroxylation is 8. The van der Waals surface area contributed by atoms with Gasteiger partial charge in [0.2, 0.25) is 7.29 Å². The molecule has 16 heteroatoms. The third-order valence-electron chi connectivity index (χ3n) is 21.9. The fourth-order valence-electron chi connectivity index (χ4n) is 16.3. The van der Waals surface area contributed by atoms with Gasteiger partial charge in [-0.25, -0.2) is 5.10 Å². The number of para-hydroxylation sites is 2. The zero-order valence-corrected chi connectivity index (χ0v) is 83.1. The van der Waals surface area contributed by atoms with E-state index in [2.05, 4.69) is 201 Å². The quantitative estimate of drug-likeness (QED) is 0.0750. The minimum Gasteiger partial charge on any atom is -0.512 e. The van der Waals surface area contributed by atoms with Crippen LogP contribution in [0.4, 0.5) is 11.4 Å². The minimum atomic E-state index is -3.19. The van der Waals surface area contributed by atoms with Crippen LogP contribution in [0.5, 0.6) is 0 Å². The van der Waals surface area contributed by atoms with Gasteiger partial charge in [-0.2, -0.15) is 66.8 Å². The second-order valence-corrected chi connectivity index (χ2v) is 38.7. The van der Waals surface area contributed by atoms with Crippen LogP contribution in [0, 0.1) is 91.8 Å². The summed E-state index contributed by atoms with van der Waals surface area (Å²) < 4.78 is 48.9. The van der Waals surface area contributed by atoms with Crippen LogP contribution in [-0.2, 0) is 94.1 Å². The monoisotopic (exact) mass is 2410 g/mol. The fourth-order valence-corrected chi connectivity index (χ4v) is 25.3. The minimum absolute atomic E-state index is 0. The Balaban J connectivity index is 0.000000151. The van der Waals surface area contributed by atoms with Gasteiger partial charge in [-0.15, -0.1) is 83.5 Å². The van der Waals surface area contributed by atoms with Crippen LogP contribution in [0.1, 0.15) is 77.9 Å². The zero-order valence-electron chi connectivity index (χ0n) is 70.0. The number of allylic oxidation sites excluding steroid dienone is 1. The van der Waals surface area contributed by atoms with Crippen molar-refractivity contribution in [3.05, 3.63) is 491 Å². The van der Waals surface area contributed by atoms with Crippen molar-refractivity contribution in [2.75, 3.05) is 9.91 Å². The summed E-state index contributed by atoms with van der Waals surface area (Å²) in [6, 6.07) is 132. The van der Waals surface area contributed by atoms with Gasteiger partial charge < -0.3 is 19.0 Å². The Morgan fingerprint density at radius 3 is 1.08 bits per heavy atom. The molecule has 15 aromatic carbocycles. The molecule has 3 atom stereocenters. The molecule has 125 heavy (non-hydrogen) atoms. The van der Waals surface area contributed by atoms with E-state index in [1.807, 2.05) is 277 Å². The molecular weight excluding hydrogens is 2320 g/mol. The van der Waals surface area contributed by atoms with E-state index in [-0.39, 0.29) is 80.4 Å². The van der Waals surface area contributed by atoms with Gasteiger partial charge in [-0.1, -0.05) is 260 Å². The molecule has 0 N–H and O–H groups in total. The summed E-state index contributed by atoms with van der Waals surface area (Å²) in [7, 11) is -9.31. The molecule has 15 aromatic rings. The van der Waals surface area contributed by atoms with Crippen molar-refractivity contribution >= 4 is 92.8 Å². The van der Waals surface area contributed by atoms with Crippen molar-refractivity contribution in [3.8, 4) is 44.5 Å². The topological polar surface area (TPSA) is 94.8 Å². The second-order valence-electron chi connectivity index (χ2n) is 30.3. The number of hydrogen-bond acceptors (Lipinski definition) is 8. The number of hydrazone groups is 1. The first-order valence-corrected chi connectivity index (χ1v) is 46.3. The Bertz CT molecular complexity index is 6470. The van der Waals surface area contributed by atoms with E-state index in [0.29, 0.717) is 5.45 Å². The summed E-state index contributed by atoms with van der Waals surface area (Å²) in [6.45, 7) is 16.9. The van der Waals surface area contributed by atoms with Crippen LogP contribution in [0.15, 0.2) is 391 Å². The van der Waals surface area contributed by atoms with Crippen LogP contribution in [0.3, 0.4) is 0 Å². The van der Waals surface area contributed by atoms with E-state index in [1.54, 1.807) is 11.8 Å². The predicted molar refractivity (Wildman–Crippen MR) is 512 cm³/mol. The second kappa shape index (κ2) is 42.4. The number of benzene rings is 15. The van der Waals surface area contributed by atoms with E-state index >= 15 is 0 Å². The summed E-state index contributed by atoms with van der Waals surface area (Å²) in [5.74, 6) is 2.03. The molecule has 4 radical (unpaired) electrons. The average Bonchev–Trinajstić information content (AvgIpc) is 1.62. The third-order valence-corrected chi connectivity index (χ3v) is 30.9. The summed E-state index contributed by atoms with van der Waals surface area (Å²) >= 11 is 1.66. The maximum absolute atomic E-state index is 14.9. The van der Waals surface area contributed by atoms with Crippen molar-refractivity contribution in [1.82, 2.24) is 0 Å². The molecular formula is C109H88Ir4N5O3P3S-6. The van der Waals surface area contributed by atoms with Crippen molar-refractivity contribution in [3.63, 3.8) is 0 Å². The van der Waals surface area contributed by atoms with E-state index in [9.17, 15) is 13.7 Å². The molecule has 0 bridgehead atoms. The molecule has 4 aliphatic heterocycles. The number of anilines is 2. The molecule has 3 unspecified atom stereocenters. The average molecular weight is 2410 g/mol. The van der Waals surface area contributed by atoms with Gasteiger partial charge in [0.25, 0.3) is 0 Å². The first-order chi connectivity index (χ1) is 58.9. The molecule has 8 nitrogen and oxygen atoms in total. The molecule has 4 heterocycles. The first kappa shape index (κ1) is 93.9. The van der Waals surface area contributed by atoms with E-state index in [0.717, 1.165) is 126 Å². The van der Waals surface area contributed by atoms with Crippen molar-refractivity contribution in [2.24, 2.45) is 14.9 Å². The van der Waals surface area contributed by atoms with Gasteiger partial charge in [0, 0.05) is 131 Å². The predicted octanol–water partition coefficient (Wildman–Crippen LogP) is 27.6. The summed E-state index contributed by atoms with van der Waals surface area (Å²) in [5, 5.41) is 12.6. The number of thioether (sulfide) groups is 1. The Labute approximate surface area is 794 Å². The van der Waals surface area contributed by atoms with Crippen LogP contribution in [0.25, 0.3) is 60.5 Å². The zero-order chi connectivity index (χ0) is 83.6. The summed E-state index contributed by atoms with van der Waals surface area (Å²) in [5.41, 5.74) is 27.8. The fraction of sp³-hybridized carbons (Fsp3) is 0.0734. The Hall–Kier alpha value is -10.2. The SMILES string of the molecule is Cc1cc(-c2ccccc2)cc(C)c1C1=CC(c2[c-]cccc2)=NP1(=O)c1ccccc1.Cc1cc(-c2ccccc2)cc(C)c1C1=CN(c2[c-]cccc2)[CH-]P1(=O)c1ccccc1.Cc1cc(-c2ccccc2)cc(C)c1C1=CN=C(c2[c-]cccc2)P1(=O)c1ccccc1.Cc1cc(-c2ccccc2)cc(C)c1C1=NN(c2[c-]cccc2)[CH-]S1.[Ir].[Ir].[Ir].[Ir]. The Kier molecular flexibility index (Phi) is 31.8. The molecule has 0 aromatic heterocycles. The standard InChI is InChI=1S/C29H24NOP.2C29H23NOP.C22H18N2S.4Ir/c1-22-18-25(24-12-6-3-7-13-24)19-23(2)29(22)28-20-30(26-14-8-4-9-15-26)21-32(28,31)27-16-10-5-11-17-27;1-21-18-25(23-12-6-3-7-13-23)19-22(2)28(21)27-20-30-29(24-14-8-4-9-15-24)32(27,31)26-16-10-5-11-17-26;1-21-18-25(23-12-6-3-7-13-23)19-22(2)29(21)28-20-27(24-14-8-4-9-15-24)30-32(28,31)26-16-10-5-11-17-26;1-16-13-19(18-9-5-3-6-10-18)14-17(2)21(16)22-23-24(15-25-22)20-11-7-4-8-12-20;;;;/h3-14,16-21H,1-2H3;2*3-14,16-20H,1-2H3;3-11,13-15H,1-2H3;;;;/q-2;2*-1;-2;;;;. The molecule has 0 aliphatic carbocycles. The van der Waals surface area contributed by atoms with Crippen molar-refractivity contribution in [1.29, 1.82) is 0 Å². The molecule has 0 saturated carbocycles. The molecule has 0 spiro atoms. The number of aliphatic imine (C=N–C) groups is 1. The van der Waals surface area contributed by atoms with Crippen LogP contribution in [-0.4, -0.2) is 16.2 Å². The van der Waals surface area contributed by atoms with E-state index < -0.39 is 21.6 Å². The van der Waals surface area contributed by atoms with E-state index in [4.69, 9.17) is 14.9 Å². The van der Waals surface area contributed by atoms with Gasteiger partial charge >= 0.3 is 0 Å². The molecule has 4 aliphatic rings. The molecule has 630 valence electrons. The van der Waals surface area contributed by atoms with Gasteiger partial charge in [-0.3, -0.25) is 26.1 Å². The number of nitrogens with zero attached hydrogens (tertiary/aromatic N) is 5. The molecule has 0 saturated heterocycles. The van der Waals surface area contributed by atoms with Crippen LogP contribution >= 0.6 is 33.3 Å².